The van der Waals surface area contributed by atoms with Crippen LogP contribution in [0.2, 0.25) is 0 Å². The number of carbonyl (C=O) groups excluding carboxylic acids is 2. The molecule has 5 heteroatoms. The molecule has 0 bridgehead atoms. The van der Waals surface area contributed by atoms with Gasteiger partial charge < -0.3 is 4.74 Å². The zero-order chi connectivity index (χ0) is 17.1. The summed E-state index contributed by atoms with van der Waals surface area (Å²) in [4.78, 5) is 24.2. The van der Waals surface area contributed by atoms with E-state index >= 15 is 0 Å². The van der Waals surface area contributed by atoms with Gasteiger partial charge in [-0.05, 0) is 42.3 Å². The van der Waals surface area contributed by atoms with Crippen molar-refractivity contribution in [1.29, 1.82) is 0 Å². The molecule has 0 aliphatic carbocycles. The molecule has 0 N–H and O–H groups in total. The van der Waals surface area contributed by atoms with E-state index in [2.05, 4.69) is 0 Å². The lowest BCUT2D eigenvalue weighted by molar-refractivity contribution is -0.137. The van der Waals surface area contributed by atoms with Crippen LogP contribution in [0.3, 0.4) is 0 Å². The van der Waals surface area contributed by atoms with Gasteiger partial charge in [0, 0.05) is 12.2 Å². The van der Waals surface area contributed by atoms with Crippen molar-refractivity contribution in [2.24, 2.45) is 0 Å². The summed E-state index contributed by atoms with van der Waals surface area (Å²) in [6.45, 7) is 2.00. The molecule has 0 fully saturated rings. The van der Waals surface area contributed by atoms with Gasteiger partial charge in [-0.1, -0.05) is 24.3 Å². The molecule has 0 radical (unpaired) electrons. The van der Waals surface area contributed by atoms with Gasteiger partial charge in [-0.2, -0.15) is 0 Å². The Labute approximate surface area is 139 Å². The highest BCUT2D eigenvalue weighted by Crippen LogP contribution is 2.23. The van der Waals surface area contributed by atoms with Gasteiger partial charge in [-0.25, -0.2) is 4.39 Å². The van der Waals surface area contributed by atoms with Crippen LogP contribution in [0.15, 0.2) is 60.7 Å². The maximum Gasteiger partial charge on any atom is 0.253 e. The maximum atomic E-state index is 13.0. The Morgan fingerprint density at radius 3 is 1.96 bits per heavy atom. The molecular formula is C19H16FNO3. The topological polar surface area (TPSA) is 46.6 Å². The van der Waals surface area contributed by atoms with Crippen molar-refractivity contribution in [3.05, 3.63) is 66.5 Å². The van der Waals surface area contributed by atoms with Gasteiger partial charge in [-0.3, -0.25) is 14.5 Å². The van der Waals surface area contributed by atoms with Gasteiger partial charge in [0.1, 0.15) is 17.7 Å². The molecule has 2 amide bonds. The van der Waals surface area contributed by atoms with E-state index in [0.29, 0.717) is 5.75 Å². The molecule has 4 nitrogen and oxygen atoms in total. The first-order chi connectivity index (χ1) is 11.5. The predicted molar refractivity (Wildman–Crippen MR) is 87.8 cm³/mol. The van der Waals surface area contributed by atoms with Gasteiger partial charge >= 0.3 is 0 Å². The summed E-state index contributed by atoms with van der Waals surface area (Å²) in [5, 5.41) is 0. The molecule has 0 saturated heterocycles. The molecular weight excluding hydrogens is 309 g/mol. The quantitative estimate of drug-likeness (QED) is 0.793. The first-order valence-electron chi connectivity index (χ1n) is 7.59. The van der Waals surface area contributed by atoms with Crippen LogP contribution >= 0.6 is 0 Å². The van der Waals surface area contributed by atoms with Crippen molar-refractivity contribution in [3.63, 3.8) is 0 Å². The highest BCUT2D eigenvalue weighted by molar-refractivity contribution is 6.12. The van der Waals surface area contributed by atoms with E-state index in [9.17, 15) is 14.0 Å². The van der Waals surface area contributed by atoms with Gasteiger partial charge in [0.15, 0.2) is 0 Å². The zero-order valence-electron chi connectivity index (χ0n) is 13.1. The highest BCUT2D eigenvalue weighted by atomic mass is 19.1. The number of imide groups is 1. The lowest BCUT2D eigenvalue weighted by atomic mass is 10.1. The fourth-order valence-corrected chi connectivity index (χ4v) is 2.51. The van der Waals surface area contributed by atoms with Crippen LogP contribution in [0.4, 0.5) is 4.39 Å². The van der Waals surface area contributed by atoms with Crippen LogP contribution in [0, 0.1) is 5.82 Å². The van der Waals surface area contributed by atoms with E-state index in [1.54, 1.807) is 31.2 Å². The number of rotatable bonds is 5. The number of hydrogen-bond donors (Lipinski definition) is 0. The summed E-state index contributed by atoms with van der Waals surface area (Å²) in [5.74, 6) is -0.266. The van der Waals surface area contributed by atoms with E-state index in [-0.39, 0.29) is 30.3 Å². The minimum Gasteiger partial charge on any atom is -0.489 e. The Morgan fingerprint density at radius 1 is 0.917 bits per heavy atom. The highest BCUT2D eigenvalue weighted by Gasteiger charge is 2.25. The molecule has 24 heavy (non-hydrogen) atoms. The van der Waals surface area contributed by atoms with E-state index in [4.69, 9.17) is 4.74 Å². The molecule has 0 spiro atoms. The molecule has 1 atom stereocenters. The standard InChI is InChI=1S/C19H16FNO3/c1-13(12-21-18(22)10-11-19(21)23)24-17-8-4-15(5-9-17)14-2-6-16(20)7-3-14/h2-11,13H,12H2,1H3. The smallest absolute Gasteiger partial charge is 0.253 e. The monoisotopic (exact) mass is 325 g/mol. The molecule has 2 aromatic carbocycles. The Morgan fingerprint density at radius 2 is 1.42 bits per heavy atom. The van der Waals surface area contributed by atoms with Crippen molar-refractivity contribution in [3.8, 4) is 16.9 Å². The number of benzene rings is 2. The third-order valence-electron chi connectivity index (χ3n) is 3.71. The molecule has 0 saturated carbocycles. The van der Waals surface area contributed by atoms with Crippen molar-refractivity contribution < 1.29 is 18.7 Å². The number of amides is 2. The third kappa shape index (κ3) is 3.51. The zero-order valence-corrected chi connectivity index (χ0v) is 13.1. The fourth-order valence-electron chi connectivity index (χ4n) is 2.51. The molecule has 1 heterocycles. The first kappa shape index (κ1) is 15.9. The Hall–Kier alpha value is -2.95. The summed E-state index contributed by atoms with van der Waals surface area (Å²) >= 11 is 0. The average molecular weight is 325 g/mol. The van der Waals surface area contributed by atoms with Crippen LogP contribution < -0.4 is 4.74 Å². The Bertz CT molecular complexity index is 763. The van der Waals surface area contributed by atoms with Crippen LogP contribution in [-0.4, -0.2) is 29.4 Å². The van der Waals surface area contributed by atoms with Crippen LogP contribution in [0.5, 0.6) is 5.75 Å². The average Bonchev–Trinajstić information content (AvgIpc) is 2.88. The normalized spacial score (nSPS) is 15.0. The minimum absolute atomic E-state index is 0.199. The van der Waals surface area contributed by atoms with E-state index in [1.807, 2.05) is 12.1 Å². The van der Waals surface area contributed by atoms with Crippen molar-refractivity contribution >= 4 is 11.8 Å². The SMILES string of the molecule is CC(CN1C(=O)C=CC1=O)Oc1ccc(-c2ccc(F)cc2)cc1. The van der Waals surface area contributed by atoms with Crippen LogP contribution in [0.25, 0.3) is 11.1 Å². The lowest BCUT2D eigenvalue weighted by Crippen LogP contribution is -2.38. The second kappa shape index (κ2) is 6.66. The second-order valence-electron chi connectivity index (χ2n) is 5.58. The molecule has 1 unspecified atom stereocenters. The maximum absolute atomic E-state index is 13.0. The molecule has 0 aromatic heterocycles. The Kier molecular flexibility index (Phi) is 4.42. The number of ether oxygens (including phenoxy) is 1. The fraction of sp³-hybridized carbons (Fsp3) is 0.158. The van der Waals surface area contributed by atoms with Crippen molar-refractivity contribution in [2.75, 3.05) is 6.54 Å². The van der Waals surface area contributed by atoms with Gasteiger partial charge in [-0.15, -0.1) is 0 Å². The summed E-state index contributed by atoms with van der Waals surface area (Å²) in [7, 11) is 0. The van der Waals surface area contributed by atoms with Gasteiger partial charge in [0.2, 0.25) is 0 Å². The van der Waals surface area contributed by atoms with Crippen molar-refractivity contribution in [1.82, 2.24) is 4.90 Å². The van der Waals surface area contributed by atoms with E-state index in [1.165, 1.54) is 24.3 Å². The van der Waals surface area contributed by atoms with Crippen molar-refractivity contribution in [2.45, 2.75) is 13.0 Å². The second-order valence-corrected chi connectivity index (χ2v) is 5.58. The van der Waals surface area contributed by atoms with Crippen LogP contribution in [-0.2, 0) is 9.59 Å². The minimum atomic E-state index is -0.325. The number of hydrogen-bond acceptors (Lipinski definition) is 3. The summed E-state index contributed by atoms with van der Waals surface area (Å²) in [5.41, 5.74) is 1.86. The molecule has 2 aromatic rings. The summed E-state index contributed by atoms with van der Waals surface area (Å²) in [6.07, 6.45) is 2.19. The molecule has 3 rings (SSSR count). The van der Waals surface area contributed by atoms with E-state index < -0.39 is 0 Å². The van der Waals surface area contributed by atoms with Gasteiger partial charge in [0.05, 0.1) is 6.54 Å². The third-order valence-corrected chi connectivity index (χ3v) is 3.71. The Balaban J connectivity index is 1.62. The summed E-state index contributed by atoms with van der Waals surface area (Å²) in [6, 6.07) is 13.6. The lowest BCUT2D eigenvalue weighted by Gasteiger charge is -2.20. The van der Waals surface area contributed by atoms with Gasteiger partial charge in [0.25, 0.3) is 11.8 Å². The largest absolute Gasteiger partial charge is 0.489 e. The van der Waals surface area contributed by atoms with E-state index in [0.717, 1.165) is 16.0 Å². The number of carbonyl (C=O) groups is 2. The number of nitrogens with zero attached hydrogens (tertiary/aromatic N) is 1. The molecule has 122 valence electrons. The number of halogens is 1. The molecule has 1 aliphatic heterocycles. The predicted octanol–water partition coefficient (Wildman–Crippen LogP) is 3.19. The van der Waals surface area contributed by atoms with Crippen LogP contribution in [0.1, 0.15) is 6.92 Å². The first-order valence-corrected chi connectivity index (χ1v) is 7.59. The summed E-state index contributed by atoms with van der Waals surface area (Å²) < 4.78 is 18.7. The molecule has 1 aliphatic rings.